The molecule has 8 nitrogen and oxygen atoms in total. The third-order valence-corrected chi connectivity index (χ3v) is 2.95. The van der Waals surface area contributed by atoms with Crippen LogP contribution in [-0.4, -0.2) is 38.9 Å². The van der Waals surface area contributed by atoms with E-state index in [-0.39, 0.29) is 20.3 Å². The summed E-state index contributed by atoms with van der Waals surface area (Å²) in [5, 5.41) is 10.7. The predicted octanol–water partition coefficient (Wildman–Crippen LogP) is 5.17. The van der Waals surface area contributed by atoms with E-state index < -0.39 is 0 Å². The maximum Gasteiger partial charge on any atom is 0.228 e. The zero-order valence-corrected chi connectivity index (χ0v) is 16.1. The lowest BCUT2D eigenvalue weighted by molar-refractivity contribution is 0.364. The molecule has 154 valence electrons. The van der Waals surface area contributed by atoms with Gasteiger partial charge in [0.1, 0.15) is 5.84 Å². The Bertz CT molecular complexity index is 600. The Morgan fingerprint density at radius 2 is 1.63 bits per heavy atom. The van der Waals surface area contributed by atoms with E-state index in [0.29, 0.717) is 23.6 Å². The van der Waals surface area contributed by atoms with Gasteiger partial charge in [-0.3, -0.25) is 4.99 Å². The molecule has 1 aliphatic rings. The van der Waals surface area contributed by atoms with Crippen molar-refractivity contribution in [3.8, 4) is 0 Å². The van der Waals surface area contributed by atoms with E-state index in [1.807, 2.05) is 33.9 Å². The minimum absolute atomic E-state index is 0. The van der Waals surface area contributed by atoms with E-state index in [0.717, 1.165) is 12.4 Å². The molecular formula is C19H36N6O2. The molecule has 0 saturated carbocycles. The van der Waals surface area contributed by atoms with Gasteiger partial charge >= 0.3 is 0 Å². The topological polar surface area (TPSA) is 103 Å². The molecule has 3 rings (SSSR count). The summed E-state index contributed by atoms with van der Waals surface area (Å²) in [5.41, 5.74) is 0.132. The van der Waals surface area contributed by atoms with Crippen molar-refractivity contribution in [1.82, 2.24) is 20.3 Å². The van der Waals surface area contributed by atoms with Crippen LogP contribution in [0.15, 0.2) is 31.6 Å². The Labute approximate surface area is 163 Å². The number of hydrogen-bond donors (Lipinski definition) is 0. The van der Waals surface area contributed by atoms with Gasteiger partial charge in [-0.05, 0) is 0 Å². The normalized spacial score (nSPS) is 12.3. The summed E-state index contributed by atoms with van der Waals surface area (Å²) in [6, 6.07) is 0. The van der Waals surface area contributed by atoms with Gasteiger partial charge in [-0.25, -0.2) is 4.99 Å². The van der Waals surface area contributed by atoms with Crippen LogP contribution in [0.1, 0.15) is 86.9 Å². The monoisotopic (exact) mass is 380 g/mol. The number of rotatable bonds is 2. The van der Waals surface area contributed by atoms with Crippen LogP contribution < -0.4 is 0 Å². The molecule has 0 fully saturated rings. The van der Waals surface area contributed by atoms with E-state index in [1.54, 1.807) is 0 Å². The van der Waals surface area contributed by atoms with Gasteiger partial charge in [-0.15, -0.1) is 10.2 Å². The smallest absolute Gasteiger partial charge is 0.228 e. The van der Waals surface area contributed by atoms with Crippen LogP contribution >= 0.6 is 0 Å². The van der Waals surface area contributed by atoms with E-state index in [4.69, 9.17) is 8.94 Å². The van der Waals surface area contributed by atoms with Crippen molar-refractivity contribution in [2.75, 3.05) is 6.54 Å². The van der Waals surface area contributed by atoms with Gasteiger partial charge in [-0.1, -0.05) is 68.5 Å². The number of nitrogens with zero attached hydrogens (tertiary/aromatic N) is 6. The van der Waals surface area contributed by atoms with Crippen molar-refractivity contribution in [2.45, 2.75) is 75.2 Å². The van der Waals surface area contributed by atoms with Crippen molar-refractivity contribution in [1.29, 1.82) is 0 Å². The Morgan fingerprint density at radius 1 is 1.00 bits per heavy atom. The zero-order chi connectivity index (χ0) is 18.9. The maximum absolute atomic E-state index is 4.87. The van der Waals surface area contributed by atoms with Gasteiger partial charge in [0.05, 0.1) is 6.54 Å². The molecule has 27 heavy (non-hydrogen) atoms. The minimum Gasteiger partial charge on any atom is -0.428 e. The van der Waals surface area contributed by atoms with E-state index in [9.17, 15) is 0 Å². The second-order valence-corrected chi connectivity index (χ2v) is 7.09. The summed E-state index contributed by atoms with van der Waals surface area (Å²) in [6.45, 7) is 15.2. The van der Waals surface area contributed by atoms with Gasteiger partial charge in [-0.2, -0.15) is 4.98 Å². The number of aliphatic imine (C=N–C) groups is 2. The molecule has 0 amide bonds. The maximum atomic E-state index is 4.87. The molecule has 0 aliphatic carbocycles. The summed E-state index contributed by atoms with van der Waals surface area (Å²) >= 11 is 0. The fourth-order valence-corrected chi connectivity index (χ4v) is 1.60. The molecule has 3 heterocycles. The quantitative estimate of drug-likeness (QED) is 0.711. The number of amidine groups is 1. The number of aromatic nitrogens is 4. The fourth-order valence-electron chi connectivity index (χ4n) is 1.60. The lowest BCUT2D eigenvalue weighted by atomic mass is 9.95. The average molecular weight is 381 g/mol. The fraction of sp³-hybridized carbons (Fsp3) is 0.684. The van der Waals surface area contributed by atoms with Crippen LogP contribution in [-0.2, 0) is 0 Å². The highest BCUT2D eigenvalue weighted by Crippen LogP contribution is 2.18. The molecule has 0 saturated heterocycles. The molecule has 0 atom stereocenters. The average Bonchev–Trinajstić information content (AvgIpc) is 3.28. The lowest BCUT2D eigenvalue weighted by Gasteiger charge is -2.14. The Kier molecular flexibility index (Phi) is 12.8. The highest BCUT2D eigenvalue weighted by molar-refractivity contribution is 5.97. The summed E-state index contributed by atoms with van der Waals surface area (Å²) in [4.78, 5) is 12.2. The van der Waals surface area contributed by atoms with Crippen LogP contribution in [0.4, 0.5) is 0 Å². The van der Waals surface area contributed by atoms with Crippen molar-refractivity contribution >= 4 is 12.1 Å². The summed E-state index contributed by atoms with van der Waals surface area (Å²) in [5.74, 6) is 3.06. The van der Waals surface area contributed by atoms with Crippen molar-refractivity contribution in [3.63, 3.8) is 0 Å². The van der Waals surface area contributed by atoms with Crippen molar-refractivity contribution in [2.24, 2.45) is 15.4 Å². The standard InChI is InChI=1S/C7H12N2.2C5H8N2O.2CH4/c1-7(2,3)6-8-4-5-9-6;1-4(2)5-7-6-3-8-5;1-4(2)5-6-3-7-8-5;;/h4H,5H2,1-3H3;2*3-4H,1-2H3;2*1H4. The number of hydrogen-bond acceptors (Lipinski definition) is 8. The molecule has 1 aliphatic heterocycles. The molecule has 0 spiro atoms. The Hall–Kier alpha value is -2.38. The molecule has 0 bridgehead atoms. The first-order chi connectivity index (χ1) is 11.7. The molecular weight excluding hydrogens is 344 g/mol. The third kappa shape index (κ3) is 10.4. The van der Waals surface area contributed by atoms with Gasteiger partial charge in [0.2, 0.25) is 18.2 Å². The first kappa shape index (κ1) is 26.8. The molecule has 0 unspecified atom stereocenters. The minimum atomic E-state index is 0. The molecule has 0 aromatic carbocycles. The Morgan fingerprint density at radius 3 is 1.85 bits per heavy atom. The van der Waals surface area contributed by atoms with E-state index in [1.165, 1.54) is 12.7 Å². The zero-order valence-electron chi connectivity index (χ0n) is 16.1. The second kappa shape index (κ2) is 12.9. The molecule has 2 aromatic rings. The van der Waals surface area contributed by atoms with Crippen LogP contribution in [0.25, 0.3) is 0 Å². The molecule has 2 aromatic heterocycles. The summed E-state index contributed by atoms with van der Waals surface area (Å²) in [6.07, 6.45) is 4.60. The van der Waals surface area contributed by atoms with E-state index in [2.05, 4.69) is 51.1 Å². The van der Waals surface area contributed by atoms with Gasteiger partial charge in [0.15, 0.2) is 6.33 Å². The largest absolute Gasteiger partial charge is 0.428 e. The molecule has 0 N–H and O–H groups in total. The molecule has 8 heteroatoms. The van der Waals surface area contributed by atoms with E-state index >= 15 is 0 Å². The lowest BCUT2D eigenvalue weighted by Crippen LogP contribution is -2.16. The van der Waals surface area contributed by atoms with Crippen molar-refractivity contribution in [3.05, 3.63) is 24.5 Å². The first-order valence-electron chi connectivity index (χ1n) is 8.31. The highest BCUT2D eigenvalue weighted by Gasteiger charge is 2.18. The van der Waals surface area contributed by atoms with Crippen LogP contribution in [0.3, 0.4) is 0 Å². The van der Waals surface area contributed by atoms with Crippen LogP contribution in [0.5, 0.6) is 0 Å². The van der Waals surface area contributed by atoms with Gasteiger partial charge in [0, 0.05) is 23.5 Å². The summed E-state index contributed by atoms with van der Waals surface area (Å²) < 4.78 is 9.61. The predicted molar refractivity (Wildman–Crippen MR) is 110 cm³/mol. The second-order valence-electron chi connectivity index (χ2n) is 7.09. The molecule has 0 radical (unpaired) electrons. The highest BCUT2D eigenvalue weighted by atomic mass is 16.5. The van der Waals surface area contributed by atoms with Crippen LogP contribution in [0.2, 0.25) is 0 Å². The van der Waals surface area contributed by atoms with Gasteiger partial charge < -0.3 is 8.94 Å². The first-order valence-corrected chi connectivity index (χ1v) is 8.31. The Balaban J connectivity index is 0. The summed E-state index contributed by atoms with van der Waals surface area (Å²) in [7, 11) is 0. The SMILES string of the molecule is C.C.CC(C)(C)C1=NCC=N1.CC(C)c1ncno1.CC(C)c1nnco1. The van der Waals surface area contributed by atoms with Gasteiger partial charge in [0.25, 0.3) is 0 Å². The third-order valence-electron chi connectivity index (χ3n) is 2.95. The van der Waals surface area contributed by atoms with Crippen LogP contribution in [0, 0.1) is 5.41 Å². The van der Waals surface area contributed by atoms with Crippen molar-refractivity contribution < 1.29 is 8.94 Å².